The van der Waals surface area contributed by atoms with Gasteiger partial charge in [0.05, 0.1) is 11.5 Å². The van der Waals surface area contributed by atoms with Gasteiger partial charge in [-0.3, -0.25) is 0 Å². The summed E-state index contributed by atoms with van der Waals surface area (Å²) in [4.78, 5) is 0.290. The summed E-state index contributed by atoms with van der Waals surface area (Å²) in [6.07, 6.45) is 0.746. The zero-order valence-electron chi connectivity index (χ0n) is 11.7. The lowest BCUT2D eigenvalue weighted by Crippen LogP contribution is -2.37. The number of rotatable bonds is 7. The maximum atomic E-state index is 12.4. The monoisotopic (exact) mass is 286 g/mol. The Hall–Kier alpha value is -0.950. The summed E-state index contributed by atoms with van der Waals surface area (Å²) in [7, 11) is -0.354. The number of nitrogens with zero attached hydrogens (tertiary/aromatic N) is 1. The van der Waals surface area contributed by atoms with Crippen molar-refractivity contribution in [3.63, 3.8) is 0 Å². The molecule has 1 aromatic rings. The van der Waals surface area contributed by atoms with Crippen molar-refractivity contribution in [1.29, 1.82) is 0 Å². The zero-order chi connectivity index (χ0) is 14.5. The lowest BCUT2D eigenvalue weighted by molar-refractivity contribution is 0.149. The summed E-state index contributed by atoms with van der Waals surface area (Å²) < 4.78 is 31.0. The second-order valence-corrected chi connectivity index (χ2v) is 6.51. The number of benzene rings is 1. The van der Waals surface area contributed by atoms with Gasteiger partial charge >= 0.3 is 0 Å². The summed E-state index contributed by atoms with van der Waals surface area (Å²) in [5.74, 6) is 0. The van der Waals surface area contributed by atoms with Crippen LogP contribution in [-0.2, 0) is 21.2 Å². The predicted octanol–water partition coefficient (Wildman–Crippen LogP) is 0.843. The highest BCUT2D eigenvalue weighted by atomic mass is 32.2. The van der Waals surface area contributed by atoms with Crippen LogP contribution in [0.4, 0.5) is 0 Å². The highest BCUT2D eigenvalue weighted by Crippen LogP contribution is 2.17. The van der Waals surface area contributed by atoms with E-state index in [0.717, 1.165) is 12.0 Å². The van der Waals surface area contributed by atoms with E-state index in [-0.39, 0.29) is 6.04 Å². The molecule has 1 aromatic carbocycles. The van der Waals surface area contributed by atoms with E-state index in [4.69, 9.17) is 10.5 Å². The number of ether oxygens (including phenoxy) is 1. The summed E-state index contributed by atoms with van der Waals surface area (Å²) >= 11 is 0. The van der Waals surface area contributed by atoms with Crippen LogP contribution in [0.5, 0.6) is 0 Å². The van der Waals surface area contributed by atoms with E-state index in [1.54, 1.807) is 38.4 Å². The quantitative estimate of drug-likeness (QED) is 0.806. The van der Waals surface area contributed by atoms with E-state index >= 15 is 0 Å². The Morgan fingerprint density at radius 2 is 1.89 bits per heavy atom. The Morgan fingerprint density at radius 1 is 1.32 bits per heavy atom. The molecule has 0 saturated heterocycles. The molecule has 1 unspecified atom stereocenters. The predicted molar refractivity (Wildman–Crippen MR) is 75.5 cm³/mol. The van der Waals surface area contributed by atoms with Gasteiger partial charge in [-0.15, -0.1) is 0 Å². The molecule has 0 fully saturated rings. The third kappa shape index (κ3) is 4.01. The maximum Gasteiger partial charge on any atom is 0.243 e. The number of hydrogen-bond donors (Lipinski definition) is 1. The van der Waals surface area contributed by atoms with Gasteiger partial charge in [0.15, 0.2) is 0 Å². The van der Waals surface area contributed by atoms with E-state index in [2.05, 4.69) is 0 Å². The van der Waals surface area contributed by atoms with E-state index < -0.39 is 10.0 Å². The number of sulfonamides is 1. The Balaban J connectivity index is 2.93. The smallest absolute Gasteiger partial charge is 0.243 e. The second-order valence-electron chi connectivity index (χ2n) is 4.51. The molecule has 0 aliphatic rings. The maximum absolute atomic E-state index is 12.4. The minimum atomic E-state index is -3.47. The molecule has 0 aliphatic heterocycles. The fraction of sp³-hybridized carbons (Fsp3) is 0.538. The Kier molecular flexibility index (Phi) is 5.93. The van der Waals surface area contributed by atoms with E-state index in [1.807, 2.05) is 6.92 Å². The molecule has 0 amide bonds. The van der Waals surface area contributed by atoms with Crippen molar-refractivity contribution in [2.75, 3.05) is 27.3 Å². The van der Waals surface area contributed by atoms with E-state index in [9.17, 15) is 8.42 Å². The van der Waals surface area contributed by atoms with Crippen LogP contribution in [0.3, 0.4) is 0 Å². The molecule has 0 spiro atoms. The van der Waals surface area contributed by atoms with Crippen molar-refractivity contribution in [1.82, 2.24) is 4.31 Å². The number of nitrogens with two attached hydrogens (primary N) is 1. The SMILES string of the molecule is COCC(C)N(C)S(=O)(=O)c1ccc(CCN)cc1. The van der Waals surface area contributed by atoms with Crippen LogP contribution in [-0.4, -0.2) is 46.1 Å². The summed E-state index contributed by atoms with van der Waals surface area (Å²) in [6, 6.07) is 6.63. The molecule has 19 heavy (non-hydrogen) atoms. The Labute approximate surface area is 115 Å². The van der Waals surface area contributed by atoms with Crippen LogP contribution in [0.1, 0.15) is 12.5 Å². The second kappa shape index (κ2) is 7.00. The summed E-state index contributed by atoms with van der Waals surface area (Å²) in [6.45, 7) is 2.72. The van der Waals surface area contributed by atoms with Crippen LogP contribution < -0.4 is 5.73 Å². The van der Waals surface area contributed by atoms with Crippen molar-refractivity contribution >= 4 is 10.0 Å². The molecule has 0 saturated carbocycles. The lowest BCUT2D eigenvalue weighted by Gasteiger charge is -2.23. The fourth-order valence-electron chi connectivity index (χ4n) is 1.74. The van der Waals surface area contributed by atoms with Crippen LogP contribution >= 0.6 is 0 Å². The van der Waals surface area contributed by atoms with Crippen LogP contribution in [0.25, 0.3) is 0 Å². The first-order valence-electron chi connectivity index (χ1n) is 6.19. The average molecular weight is 286 g/mol. The third-order valence-corrected chi connectivity index (χ3v) is 5.05. The zero-order valence-corrected chi connectivity index (χ0v) is 12.5. The number of hydrogen-bond acceptors (Lipinski definition) is 4. The highest BCUT2D eigenvalue weighted by molar-refractivity contribution is 7.89. The normalized spacial score (nSPS) is 13.7. The van der Waals surface area contributed by atoms with Gasteiger partial charge in [0.2, 0.25) is 10.0 Å². The van der Waals surface area contributed by atoms with Crippen molar-refractivity contribution in [3.8, 4) is 0 Å². The molecular weight excluding hydrogens is 264 g/mol. The minimum absolute atomic E-state index is 0.210. The molecule has 0 radical (unpaired) electrons. The van der Waals surface area contributed by atoms with Gasteiger partial charge in [0, 0.05) is 20.2 Å². The van der Waals surface area contributed by atoms with Gasteiger partial charge < -0.3 is 10.5 Å². The van der Waals surface area contributed by atoms with Crippen molar-refractivity contribution in [3.05, 3.63) is 29.8 Å². The molecule has 0 aromatic heterocycles. The van der Waals surface area contributed by atoms with Crippen LogP contribution in [0.2, 0.25) is 0 Å². The fourth-order valence-corrected chi connectivity index (χ4v) is 3.09. The Bertz CT molecular complexity index is 485. The Morgan fingerprint density at radius 3 is 2.37 bits per heavy atom. The largest absolute Gasteiger partial charge is 0.383 e. The first-order chi connectivity index (χ1) is 8.93. The van der Waals surface area contributed by atoms with Crippen molar-refractivity contribution < 1.29 is 13.2 Å². The molecule has 0 aliphatic carbocycles. The van der Waals surface area contributed by atoms with Gasteiger partial charge in [0.25, 0.3) is 0 Å². The molecule has 108 valence electrons. The van der Waals surface area contributed by atoms with E-state index in [0.29, 0.717) is 18.0 Å². The van der Waals surface area contributed by atoms with Gasteiger partial charge in [-0.2, -0.15) is 4.31 Å². The molecule has 0 bridgehead atoms. The molecule has 1 rings (SSSR count). The highest BCUT2D eigenvalue weighted by Gasteiger charge is 2.25. The molecular formula is C13H22N2O3S. The molecule has 0 heterocycles. The molecule has 2 N–H and O–H groups in total. The molecule has 6 heteroatoms. The van der Waals surface area contributed by atoms with Crippen LogP contribution in [0.15, 0.2) is 29.2 Å². The minimum Gasteiger partial charge on any atom is -0.383 e. The number of likely N-dealkylation sites (N-methyl/N-ethyl adjacent to an activating group) is 1. The first-order valence-corrected chi connectivity index (χ1v) is 7.63. The number of methoxy groups -OCH3 is 1. The third-order valence-electron chi connectivity index (χ3n) is 3.06. The van der Waals surface area contributed by atoms with Gasteiger partial charge in [-0.05, 0) is 37.6 Å². The summed E-state index contributed by atoms with van der Waals surface area (Å²) in [5, 5.41) is 0. The van der Waals surface area contributed by atoms with E-state index in [1.165, 1.54) is 4.31 Å². The lowest BCUT2D eigenvalue weighted by atomic mass is 10.2. The van der Waals surface area contributed by atoms with Crippen molar-refractivity contribution in [2.45, 2.75) is 24.3 Å². The van der Waals surface area contributed by atoms with Gasteiger partial charge in [0.1, 0.15) is 0 Å². The summed E-state index contributed by atoms with van der Waals surface area (Å²) in [5.41, 5.74) is 6.50. The topological polar surface area (TPSA) is 72.6 Å². The standard InChI is InChI=1S/C13H22N2O3S/c1-11(10-18-3)15(2)19(16,17)13-6-4-12(5-7-13)8-9-14/h4-7,11H,8-10,14H2,1-3H3. The van der Waals surface area contributed by atoms with Gasteiger partial charge in [-0.25, -0.2) is 8.42 Å². The van der Waals surface area contributed by atoms with Crippen LogP contribution in [0, 0.1) is 0 Å². The average Bonchev–Trinajstić information content (AvgIpc) is 2.39. The van der Waals surface area contributed by atoms with Gasteiger partial charge in [-0.1, -0.05) is 12.1 Å². The van der Waals surface area contributed by atoms with Crippen molar-refractivity contribution in [2.24, 2.45) is 5.73 Å². The molecule has 5 nitrogen and oxygen atoms in total. The molecule has 1 atom stereocenters. The first kappa shape index (κ1) is 16.1.